The van der Waals surface area contributed by atoms with Crippen LogP contribution in [-0.2, 0) is 6.54 Å². The van der Waals surface area contributed by atoms with Gasteiger partial charge in [-0.1, -0.05) is 27.7 Å². The fraction of sp³-hybridized carbons (Fsp3) is 0.533. The van der Waals surface area contributed by atoms with E-state index in [2.05, 4.69) is 27.7 Å². The molecule has 0 bridgehead atoms. The third-order valence-corrected chi connectivity index (χ3v) is 3.06. The maximum atomic E-state index is 5.87. The molecular formula is C15H23N3O. The summed E-state index contributed by atoms with van der Waals surface area (Å²) < 4.78 is 7.90. The van der Waals surface area contributed by atoms with Crippen LogP contribution in [0.4, 0.5) is 0 Å². The van der Waals surface area contributed by atoms with Crippen molar-refractivity contribution in [1.29, 1.82) is 0 Å². The first-order valence-corrected chi connectivity index (χ1v) is 6.87. The third kappa shape index (κ3) is 2.73. The first-order chi connectivity index (χ1) is 9.04. The molecule has 0 atom stereocenters. The molecule has 2 rings (SSSR count). The highest BCUT2D eigenvalue weighted by Crippen LogP contribution is 2.26. The summed E-state index contributed by atoms with van der Waals surface area (Å²) in [5, 5.41) is 0. The zero-order chi connectivity index (χ0) is 14.0. The summed E-state index contributed by atoms with van der Waals surface area (Å²) >= 11 is 0. The Balaban J connectivity index is 2.50. The van der Waals surface area contributed by atoms with Gasteiger partial charge in [-0.2, -0.15) is 0 Å². The predicted octanol–water partition coefficient (Wildman–Crippen LogP) is 2.95. The van der Waals surface area contributed by atoms with Crippen molar-refractivity contribution in [2.24, 2.45) is 11.7 Å². The molecular weight excluding hydrogens is 238 g/mol. The highest BCUT2D eigenvalue weighted by Gasteiger charge is 2.16. The molecule has 0 amide bonds. The van der Waals surface area contributed by atoms with Crippen LogP contribution in [0.2, 0.25) is 0 Å². The van der Waals surface area contributed by atoms with E-state index < -0.39 is 0 Å². The van der Waals surface area contributed by atoms with Crippen LogP contribution in [0.5, 0.6) is 5.75 Å². The molecule has 0 fully saturated rings. The maximum Gasteiger partial charge on any atom is 0.180 e. The van der Waals surface area contributed by atoms with Gasteiger partial charge in [-0.05, 0) is 24.0 Å². The fourth-order valence-electron chi connectivity index (χ4n) is 2.14. The molecule has 0 aliphatic heterocycles. The Labute approximate surface area is 114 Å². The van der Waals surface area contributed by atoms with E-state index in [-0.39, 0.29) is 0 Å². The van der Waals surface area contributed by atoms with E-state index in [0.717, 1.165) is 22.8 Å². The molecule has 4 heteroatoms. The van der Waals surface area contributed by atoms with E-state index >= 15 is 0 Å². The Hall–Kier alpha value is -1.55. The van der Waals surface area contributed by atoms with E-state index in [9.17, 15) is 0 Å². The van der Waals surface area contributed by atoms with Crippen LogP contribution < -0.4 is 10.5 Å². The summed E-state index contributed by atoms with van der Waals surface area (Å²) in [6.07, 6.45) is 2.00. The van der Waals surface area contributed by atoms with Gasteiger partial charge < -0.3 is 10.5 Å². The fourth-order valence-corrected chi connectivity index (χ4v) is 2.14. The van der Waals surface area contributed by atoms with Crippen molar-refractivity contribution in [2.75, 3.05) is 6.61 Å². The lowest BCUT2D eigenvalue weighted by Crippen LogP contribution is -2.07. The highest BCUT2D eigenvalue weighted by molar-refractivity contribution is 5.56. The molecule has 2 aromatic heterocycles. The van der Waals surface area contributed by atoms with Gasteiger partial charge in [0, 0.05) is 12.7 Å². The minimum atomic E-state index is 0.358. The molecule has 0 aromatic carbocycles. The molecule has 2 aromatic rings. The molecule has 4 nitrogen and oxygen atoms in total. The molecule has 2 heterocycles. The van der Waals surface area contributed by atoms with E-state index in [1.54, 1.807) is 0 Å². The van der Waals surface area contributed by atoms with Crippen LogP contribution in [-0.4, -0.2) is 16.0 Å². The zero-order valence-corrected chi connectivity index (χ0v) is 12.2. The van der Waals surface area contributed by atoms with E-state index in [1.807, 2.05) is 22.7 Å². The number of ether oxygens (including phenoxy) is 1. The number of rotatable bonds is 5. The summed E-state index contributed by atoms with van der Waals surface area (Å²) in [4.78, 5) is 4.72. The Kier molecular flexibility index (Phi) is 4.10. The van der Waals surface area contributed by atoms with Crippen molar-refractivity contribution in [3.63, 3.8) is 0 Å². The van der Waals surface area contributed by atoms with Gasteiger partial charge in [0.05, 0.1) is 18.0 Å². The lowest BCUT2D eigenvalue weighted by atomic mass is 10.1. The van der Waals surface area contributed by atoms with Crippen LogP contribution in [0.1, 0.15) is 45.0 Å². The van der Waals surface area contributed by atoms with Gasteiger partial charge in [-0.3, -0.25) is 4.40 Å². The smallest absolute Gasteiger partial charge is 0.180 e. The largest absolute Gasteiger partial charge is 0.489 e. The van der Waals surface area contributed by atoms with Crippen LogP contribution in [0, 0.1) is 5.92 Å². The van der Waals surface area contributed by atoms with Gasteiger partial charge in [-0.25, -0.2) is 4.98 Å². The monoisotopic (exact) mass is 261 g/mol. The van der Waals surface area contributed by atoms with Gasteiger partial charge in [0.15, 0.2) is 11.4 Å². The molecule has 0 saturated heterocycles. The van der Waals surface area contributed by atoms with E-state index in [4.69, 9.17) is 15.5 Å². The number of aromatic nitrogens is 2. The van der Waals surface area contributed by atoms with Crippen molar-refractivity contribution in [1.82, 2.24) is 9.38 Å². The quantitative estimate of drug-likeness (QED) is 0.900. The molecule has 0 radical (unpaired) electrons. The minimum absolute atomic E-state index is 0.358. The Morgan fingerprint density at radius 3 is 2.63 bits per heavy atom. The van der Waals surface area contributed by atoms with Crippen molar-refractivity contribution in [3.8, 4) is 5.75 Å². The number of fused-ring (bicyclic) bond motifs is 1. The van der Waals surface area contributed by atoms with Gasteiger partial charge in [0.2, 0.25) is 0 Å². The molecule has 0 aliphatic carbocycles. The summed E-state index contributed by atoms with van der Waals surface area (Å²) in [5.41, 5.74) is 8.87. The van der Waals surface area contributed by atoms with Gasteiger partial charge in [-0.15, -0.1) is 0 Å². The van der Waals surface area contributed by atoms with Crippen molar-refractivity contribution in [3.05, 3.63) is 29.7 Å². The molecule has 19 heavy (non-hydrogen) atoms. The Morgan fingerprint density at radius 1 is 1.32 bits per heavy atom. The molecule has 104 valence electrons. The summed E-state index contributed by atoms with van der Waals surface area (Å²) in [6.45, 7) is 9.72. The second-order valence-corrected chi connectivity index (χ2v) is 5.57. The normalized spacial score (nSPS) is 11.7. The number of imidazole rings is 1. The first-order valence-electron chi connectivity index (χ1n) is 6.87. The van der Waals surface area contributed by atoms with Crippen LogP contribution >= 0.6 is 0 Å². The van der Waals surface area contributed by atoms with Crippen LogP contribution in [0.15, 0.2) is 18.3 Å². The number of nitrogens with zero attached hydrogens (tertiary/aromatic N) is 2. The Morgan fingerprint density at radius 2 is 2.05 bits per heavy atom. The highest BCUT2D eigenvalue weighted by atomic mass is 16.5. The Bertz CT molecular complexity index is 558. The minimum Gasteiger partial charge on any atom is -0.489 e. The predicted molar refractivity (Wildman–Crippen MR) is 77.5 cm³/mol. The van der Waals surface area contributed by atoms with Gasteiger partial charge in [0.1, 0.15) is 0 Å². The van der Waals surface area contributed by atoms with Crippen LogP contribution in [0.25, 0.3) is 5.65 Å². The number of nitrogens with two attached hydrogens (primary N) is 1. The SMILES string of the molecule is CC(C)COc1cccn2c(CN)c(C(C)C)nc12. The molecule has 0 unspecified atom stereocenters. The summed E-state index contributed by atoms with van der Waals surface area (Å²) in [7, 11) is 0. The van der Waals surface area contributed by atoms with Crippen molar-refractivity contribution < 1.29 is 4.74 Å². The second-order valence-electron chi connectivity index (χ2n) is 5.57. The van der Waals surface area contributed by atoms with E-state index in [1.165, 1.54) is 0 Å². The first kappa shape index (κ1) is 13.9. The third-order valence-electron chi connectivity index (χ3n) is 3.06. The van der Waals surface area contributed by atoms with E-state index in [0.29, 0.717) is 25.0 Å². The summed E-state index contributed by atoms with van der Waals surface area (Å²) in [6, 6.07) is 3.95. The summed E-state index contributed by atoms with van der Waals surface area (Å²) in [5.74, 6) is 1.68. The molecule has 2 N–H and O–H groups in total. The molecule has 0 aliphatic rings. The second kappa shape index (κ2) is 5.61. The lowest BCUT2D eigenvalue weighted by molar-refractivity contribution is 0.272. The average molecular weight is 261 g/mol. The van der Waals surface area contributed by atoms with Crippen molar-refractivity contribution in [2.45, 2.75) is 40.2 Å². The standard InChI is InChI=1S/C15H23N3O/c1-10(2)9-19-13-6-5-7-18-12(8-16)14(11(3)4)17-15(13)18/h5-7,10-11H,8-9,16H2,1-4H3. The number of hydrogen-bond donors (Lipinski definition) is 1. The maximum absolute atomic E-state index is 5.87. The van der Waals surface area contributed by atoms with Crippen LogP contribution in [0.3, 0.4) is 0 Å². The number of pyridine rings is 1. The lowest BCUT2D eigenvalue weighted by Gasteiger charge is -2.09. The average Bonchev–Trinajstić information content (AvgIpc) is 2.75. The number of hydrogen-bond acceptors (Lipinski definition) is 3. The molecule has 0 spiro atoms. The van der Waals surface area contributed by atoms with Crippen molar-refractivity contribution >= 4 is 5.65 Å². The van der Waals surface area contributed by atoms with Gasteiger partial charge in [0.25, 0.3) is 0 Å². The molecule has 0 saturated carbocycles. The zero-order valence-electron chi connectivity index (χ0n) is 12.2. The topological polar surface area (TPSA) is 52.5 Å². The van der Waals surface area contributed by atoms with Gasteiger partial charge >= 0.3 is 0 Å².